The van der Waals surface area contributed by atoms with Gasteiger partial charge in [-0.1, -0.05) is 30.3 Å². The molecule has 2 aromatic heterocycles. The summed E-state index contributed by atoms with van der Waals surface area (Å²) in [5.41, 5.74) is 1.55. The molecule has 0 aliphatic carbocycles. The van der Waals surface area contributed by atoms with Gasteiger partial charge < -0.3 is 9.88 Å². The van der Waals surface area contributed by atoms with Crippen LogP contribution in [0, 0.1) is 0 Å². The van der Waals surface area contributed by atoms with Crippen molar-refractivity contribution >= 4 is 39.0 Å². The van der Waals surface area contributed by atoms with Gasteiger partial charge in [-0.05, 0) is 35.7 Å². The van der Waals surface area contributed by atoms with Gasteiger partial charge >= 0.3 is 0 Å². The lowest BCUT2D eigenvalue weighted by atomic mass is 10.1. The van der Waals surface area contributed by atoms with Crippen LogP contribution in [0.1, 0.15) is 4.88 Å². The molecular formula is C20H16N2O2S. The fourth-order valence-corrected chi connectivity index (χ4v) is 3.69. The second-order valence-electron chi connectivity index (χ2n) is 5.81. The maximum atomic E-state index is 12.7. The minimum atomic E-state index is -0.0765. The molecule has 5 heteroatoms. The van der Waals surface area contributed by atoms with Gasteiger partial charge in [-0.2, -0.15) is 0 Å². The number of hydrogen-bond donors (Lipinski definition) is 1. The predicted octanol–water partition coefficient (Wildman–Crippen LogP) is 3.53. The van der Waals surface area contributed by atoms with Crippen LogP contribution in [0.15, 0.2) is 70.8 Å². The van der Waals surface area contributed by atoms with E-state index in [4.69, 9.17) is 0 Å². The first kappa shape index (κ1) is 15.6. The van der Waals surface area contributed by atoms with Crippen LogP contribution in [0.3, 0.4) is 0 Å². The SMILES string of the molecule is O=C(Cn1c2ccccc2c(=O)c2ccccc21)NCc1cccs1. The smallest absolute Gasteiger partial charge is 0.240 e. The molecule has 0 bridgehead atoms. The van der Waals surface area contributed by atoms with Crippen LogP contribution in [0.2, 0.25) is 0 Å². The molecule has 0 fully saturated rings. The summed E-state index contributed by atoms with van der Waals surface area (Å²) in [6.07, 6.45) is 0. The number of fused-ring (bicyclic) bond motifs is 2. The predicted molar refractivity (Wildman–Crippen MR) is 102 cm³/mol. The van der Waals surface area contributed by atoms with Gasteiger partial charge in [-0.25, -0.2) is 0 Å². The molecule has 0 saturated heterocycles. The summed E-state index contributed by atoms with van der Waals surface area (Å²) in [5.74, 6) is -0.0765. The Morgan fingerprint density at radius 3 is 2.16 bits per heavy atom. The number of pyridine rings is 1. The normalized spacial score (nSPS) is 11.0. The van der Waals surface area contributed by atoms with Gasteiger partial charge in [0, 0.05) is 15.6 Å². The van der Waals surface area contributed by atoms with Crippen molar-refractivity contribution in [3.05, 3.63) is 81.1 Å². The molecule has 0 aliphatic rings. The average Bonchev–Trinajstić information content (AvgIpc) is 3.17. The topological polar surface area (TPSA) is 51.1 Å². The van der Waals surface area contributed by atoms with E-state index < -0.39 is 0 Å². The molecule has 1 N–H and O–H groups in total. The molecule has 0 unspecified atom stereocenters. The summed E-state index contributed by atoms with van der Waals surface area (Å²) in [5, 5.41) is 6.20. The van der Waals surface area contributed by atoms with Crippen molar-refractivity contribution in [3.8, 4) is 0 Å². The van der Waals surface area contributed by atoms with E-state index in [2.05, 4.69) is 5.32 Å². The highest BCUT2D eigenvalue weighted by atomic mass is 32.1. The lowest BCUT2D eigenvalue weighted by Gasteiger charge is -2.15. The molecule has 0 saturated carbocycles. The molecule has 2 aromatic carbocycles. The Bertz CT molecular complexity index is 1050. The van der Waals surface area contributed by atoms with Gasteiger partial charge in [0.1, 0.15) is 6.54 Å². The Labute approximate surface area is 148 Å². The largest absolute Gasteiger partial charge is 0.350 e. The van der Waals surface area contributed by atoms with Gasteiger partial charge in [0.2, 0.25) is 5.91 Å². The highest BCUT2D eigenvalue weighted by Crippen LogP contribution is 2.19. The molecule has 25 heavy (non-hydrogen) atoms. The van der Waals surface area contributed by atoms with E-state index in [0.717, 1.165) is 15.9 Å². The molecular weight excluding hydrogens is 332 g/mol. The maximum absolute atomic E-state index is 12.7. The average molecular weight is 348 g/mol. The van der Waals surface area contributed by atoms with Crippen LogP contribution >= 0.6 is 11.3 Å². The van der Waals surface area contributed by atoms with Gasteiger partial charge in [-0.3, -0.25) is 9.59 Å². The molecule has 4 aromatic rings. The summed E-state index contributed by atoms with van der Waals surface area (Å²) >= 11 is 1.62. The van der Waals surface area contributed by atoms with Crippen molar-refractivity contribution in [2.24, 2.45) is 0 Å². The second kappa shape index (κ2) is 6.53. The van der Waals surface area contributed by atoms with E-state index in [0.29, 0.717) is 17.3 Å². The van der Waals surface area contributed by atoms with Crippen molar-refractivity contribution in [1.82, 2.24) is 9.88 Å². The van der Waals surface area contributed by atoms with E-state index in [1.165, 1.54) is 0 Å². The van der Waals surface area contributed by atoms with Gasteiger partial charge in [0.25, 0.3) is 0 Å². The first-order valence-corrected chi connectivity index (χ1v) is 8.91. The Kier molecular flexibility index (Phi) is 4.07. The number of nitrogens with zero attached hydrogens (tertiary/aromatic N) is 1. The minimum absolute atomic E-state index is 0.00134. The first-order chi connectivity index (χ1) is 12.2. The molecule has 124 valence electrons. The molecule has 4 nitrogen and oxygen atoms in total. The fourth-order valence-electron chi connectivity index (χ4n) is 3.05. The zero-order valence-corrected chi connectivity index (χ0v) is 14.3. The summed E-state index contributed by atoms with van der Waals surface area (Å²) in [6, 6.07) is 18.8. The lowest BCUT2D eigenvalue weighted by Crippen LogP contribution is -2.27. The monoisotopic (exact) mass is 348 g/mol. The molecule has 1 amide bonds. The van der Waals surface area contributed by atoms with Crippen LogP contribution < -0.4 is 10.7 Å². The molecule has 0 radical (unpaired) electrons. The first-order valence-electron chi connectivity index (χ1n) is 8.03. The van der Waals surface area contributed by atoms with Crippen LogP contribution in [0.25, 0.3) is 21.8 Å². The van der Waals surface area contributed by atoms with Crippen molar-refractivity contribution in [3.63, 3.8) is 0 Å². The number of carbonyl (C=O) groups is 1. The van der Waals surface area contributed by atoms with Crippen LogP contribution in [-0.2, 0) is 17.9 Å². The molecule has 0 atom stereocenters. The quantitative estimate of drug-likeness (QED) is 0.574. The van der Waals surface area contributed by atoms with Crippen molar-refractivity contribution in [2.45, 2.75) is 13.1 Å². The summed E-state index contributed by atoms with van der Waals surface area (Å²) < 4.78 is 1.91. The number of para-hydroxylation sites is 2. The molecule has 4 rings (SSSR count). The van der Waals surface area contributed by atoms with Crippen molar-refractivity contribution < 1.29 is 4.79 Å². The van der Waals surface area contributed by atoms with Gasteiger partial charge in [0.15, 0.2) is 5.43 Å². The molecule has 0 spiro atoms. The molecule has 2 heterocycles. The number of hydrogen-bond acceptors (Lipinski definition) is 3. The van der Waals surface area contributed by atoms with Crippen LogP contribution in [-0.4, -0.2) is 10.5 Å². The fraction of sp³-hybridized carbons (Fsp3) is 0.100. The van der Waals surface area contributed by atoms with Crippen LogP contribution in [0.4, 0.5) is 0 Å². The Morgan fingerprint density at radius 1 is 0.920 bits per heavy atom. The second-order valence-corrected chi connectivity index (χ2v) is 6.84. The Balaban J connectivity index is 1.75. The molecule has 0 aliphatic heterocycles. The number of benzene rings is 2. The highest BCUT2D eigenvalue weighted by molar-refractivity contribution is 7.09. The van der Waals surface area contributed by atoms with E-state index in [9.17, 15) is 9.59 Å². The lowest BCUT2D eigenvalue weighted by molar-refractivity contribution is -0.121. The summed E-state index contributed by atoms with van der Waals surface area (Å²) in [6.45, 7) is 0.694. The van der Waals surface area contributed by atoms with Gasteiger partial charge in [0.05, 0.1) is 17.6 Å². The maximum Gasteiger partial charge on any atom is 0.240 e. The summed E-state index contributed by atoms with van der Waals surface area (Å²) in [4.78, 5) is 26.3. The standard InChI is InChI=1S/C20H16N2O2S/c23-19(21-12-14-6-5-11-25-14)13-22-17-9-3-1-7-15(17)20(24)16-8-2-4-10-18(16)22/h1-11H,12-13H2,(H,21,23). The third kappa shape index (κ3) is 2.94. The Hall–Kier alpha value is -2.92. The third-order valence-corrected chi connectivity index (χ3v) is 5.10. The number of rotatable bonds is 4. The van der Waals surface area contributed by atoms with Gasteiger partial charge in [-0.15, -0.1) is 11.3 Å². The van der Waals surface area contributed by atoms with E-state index in [1.54, 1.807) is 11.3 Å². The zero-order valence-electron chi connectivity index (χ0n) is 13.4. The highest BCUT2D eigenvalue weighted by Gasteiger charge is 2.12. The summed E-state index contributed by atoms with van der Waals surface area (Å²) in [7, 11) is 0. The van der Waals surface area contributed by atoms with Crippen molar-refractivity contribution in [1.29, 1.82) is 0 Å². The van der Waals surface area contributed by atoms with Crippen LogP contribution in [0.5, 0.6) is 0 Å². The number of thiophene rings is 1. The number of nitrogens with one attached hydrogen (secondary N) is 1. The van der Waals surface area contributed by atoms with Crippen molar-refractivity contribution in [2.75, 3.05) is 0 Å². The number of aromatic nitrogens is 1. The number of amides is 1. The third-order valence-electron chi connectivity index (χ3n) is 4.22. The number of carbonyl (C=O) groups excluding carboxylic acids is 1. The van der Waals surface area contributed by atoms with E-state index >= 15 is 0 Å². The van der Waals surface area contributed by atoms with E-state index in [1.807, 2.05) is 70.6 Å². The minimum Gasteiger partial charge on any atom is -0.350 e. The van der Waals surface area contributed by atoms with E-state index in [-0.39, 0.29) is 17.9 Å². The zero-order chi connectivity index (χ0) is 17.2. The Morgan fingerprint density at radius 2 is 1.56 bits per heavy atom.